The summed E-state index contributed by atoms with van der Waals surface area (Å²) in [7, 11) is 0. The summed E-state index contributed by atoms with van der Waals surface area (Å²) in [6.07, 6.45) is 9.29. The number of nitrogen functional groups attached to an aromatic ring is 1. The minimum Gasteiger partial charge on any atom is -0.384 e. The molecule has 2 aromatic rings. The smallest absolute Gasteiger partial charge is 0.241 e. The van der Waals surface area contributed by atoms with Gasteiger partial charge in [-0.1, -0.05) is 13.0 Å². The second-order valence-electron chi connectivity index (χ2n) is 9.52. The van der Waals surface area contributed by atoms with Crippen molar-refractivity contribution in [2.24, 2.45) is 11.8 Å². The Balaban J connectivity index is 1.26. The molecule has 7 nitrogen and oxygen atoms in total. The van der Waals surface area contributed by atoms with E-state index >= 15 is 0 Å². The van der Waals surface area contributed by atoms with Crippen LogP contribution in [0.15, 0.2) is 36.7 Å². The lowest BCUT2D eigenvalue weighted by Gasteiger charge is -2.36. The average molecular weight is 421 g/mol. The number of fused-ring (bicyclic) bond motifs is 1. The van der Waals surface area contributed by atoms with Gasteiger partial charge in [-0.15, -0.1) is 0 Å². The lowest BCUT2D eigenvalue weighted by molar-refractivity contribution is -0.135. The molecule has 0 spiro atoms. The van der Waals surface area contributed by atoms with Crippen molar-refractivity contribution in [3.05, 3.63) is 42.4 Å². The number of nitrogens with zero attached hydrogens (tertiary/aromatic N) is 3. The fraction of sp³-hybridized carbons (Fsp3) is 0.542. The number of piperidine rings is 1. The molecule has 4 N–H and O–H groups in total. The highest BCUT2D eigenvalue weighted by Gasteiger charge is 2.44. The molecule has 1 amide bonds. The number of nitrogens with one attached hydrogen (secondary N) is 2. The third-order valence-corrected chi connectivity index (χ3v) is 7.34. The molecule has 2 aromatic heterocycles. The number of nitrogens with two attached hydrogens (primary N) is 1. The third kappa shape index (κ3) is 4.16. The van der Waals surface area contributed by atoms with Crippen LogP contribution >= 0.6 is 0 Å². The molecule has 31 heavy (non-hydrogen) atoms. The number of hydrogen-bond acceptors (Lipinski definition) is 6. The standard InChI is InChI=1S/C24H32N6O/c1-15-4-7-21-19(11-15)23(29-28-21)24(31)30-10-2-3-18(14-30)20-8-5-16(12-26-20)17-6-9-22(25)27-13-17/h5-6,8-9,12-13,15,18-19,21,23,28-29H,2-4,7,10-11,14H2,1H3,(H2,25,27). The third-order valence-electron chi connectivity index (χ3n) is 7.34. The largest absolute Gasteiger partial charge is 0.384 e. The van der Waals surface area contributed by atoms with Gasteiger partial charge in [0.05, 0.1) is 0 Å². The van der Waals surface area contributed by atoms with Crippen LogP contribution in [-0.4, -0.2) is 45.9 Å². The van der Waals surface area contributed by atoms with E-state index in [2.05, 4.69) is 39.8 Å². The minimum absolute atomic E-state index is 0.0974. The van der Waals surface area contributed by atoms with Gasteiger partial charge in [0.2, 0.25) is 5.91 Å². The van der Waals surface area contributed by atoms with Crippen LogP contribution in [0.2, 0.25) is 0 Å². The van der Waals surface area contributed by atoms with E-state index in [0.717, 1.165) is 55.6 Å². The summed E-state index contributed by atoms with van der Waals surface area (Å²) in [4.78, 5) is 24.4. The maximum absolute atomic E-state index is 13.4. The van der Waals surface area contributed by atoms with Gasteiger partial charge in [0.1, 0.15) is 11.9 Å². The fourth-order valence-electron chi connectivity index (χ4n) is 5.53. The van der Waals surface area contributed by atoms with Gasteiger partial charge in [-0.25, -0.2) is 10.4 Å². The van der Waals surface area contributed by atoms with E-state index in [-0.39, 0.29) is 17.9 Å². The van der Waals surface area contributed by atoms with E-state index in [1.807, 2.05) is 12.3 Å². The van der Waals surface area contributed by atoms with Crippen molar-refractivity contribution in [1.29, 1.82) is 0 Å². The van der Waals surface area contributed by atoms with Crippen LogP contribution in [0.4, 0.5) is 5.82 Å². The van der Waals surface area contributed by atoms with E-state index in [0.29, 0.717) is 23.7 Å². The second-order valence-corrected chi connectivity index (χ2v) is 9.52. The van der Waals surface area contributed by atoms with Crippen molar-refractivity contribution in [3.63, 3.8) is 0 Å². The quantitative estimate of drug-likeness (QED) is 0.707. The topological polar surface area (TPSA) is 96.2 Å². The zero-order valence-corrected chi connectivity index (χ0v) is 18.1. The van der Waals surface area contributed by atoms with Crippen LogP contribution in [0.25, 0.3) is 11.1 Å². The molecule has 3 fully saturated rings. The lowest BCUT2D eigenvalue weighted by Crippen LogP contribution is -2.50. The molecule has 1 saturated carbocycles. The van der Waals surface area contributed by atoms with Gasteiger partial charge in [0.15, 0.2) is 0 Å². The van der Waals surface area contributed by atoms with Crippen molar-refractivity contribution in [2.75, 3.05) is 18.8 Å². The molecule has 2 aliphatic heterocycles. The molecule has 2 saturated heterocycles. The summed E-state index contributed by atoms with van der Waals surface area (Å²) in [6, 6.07) is 8.28. The molecule has 3 aliphatic rings. The molecular formula is C24H32N6O. The minimum atomic E-state index is -0.0974. The Morgan fingerprint density at radius 1 is 1.06 bits per heavy atom. The van der Waals surface area contributed by atoms with Gasteiger partial charge in [-0.05, 0) is 56.2 Å². The van der Waals surface area contributed by atoms with Crippen molar-refractivity contribution in [2.45, 2.75) is 57.0 Å². The number of amides is 1. The molecule has 5 rings (SSSR count). The highest BCUT2D eigenvalue weighted by molar-refractivity contribution is 5.83. The first-order valence-electron chi connectivity index (χ1n) is 11.6. The molecule has 7 heteroatoms. The molecule has 164 valence electrons. The van der Waals surface area contributed by atoms with Gasteiger partial charge >= 0.3 is 0 Å². The summed E-state index contributed by atoms with van der Waals surface area (Å²) in [6.45, 7) is 3.90. The lowest BCUT2D eigenvalue weighted by atomic mass is 9.76. The summed E-state index contributed by atoms with van der Waals surface area (Å²) in [5, 5.41) is 0. The highest BCUT2D eigenvalue weighted by Crippen LogP contribution is 2.35. The number of anilines is 1. The number of aromatic nitrogens is 2. The number of likely N-dealkylation sites (tertiary alicyclic amines) is 1. The van der Waals surface area contributed by atoms with Gasteiger partial charge in [-0.2, -0.15) is 0 Å². The van der Waals surface area contributed by atoms with Crippen LogP contribution < -0.4 is 16.6 Å². The van der Waals surface area contributed by atoms with Crippen molar-refractivity contribution in [3.8, 4) is 11.1 Å². The molecule has 0 radical (unpaired) electrons. The first-order chi connectivity index (χ1) is 15.1. The Bertz CT molecular complexity index is 915. The summed E-state index contributed by atoms with van der Waals surface area (Å²) < 4.78 is 0. The zero-order valence-electron chi connectivity index (χ0n) is 18.1. The summed E-state index contributed by atoms with van der Waals surface area (Å²) in [5.74, 6) is 2.16. The van der Waals surface area contributed by atoms with E-state index in [1.54, 1.807) is 12.3 Å². The van der Waals surface area contributed by atoms with E-state index in [1.165, 1.54) is 6.42 Å². The number of hydrazine groups is 1. The predicted octanol–water partition coefficient (Wildman–Crippen LogP) is 2.71. The zero-order chi connectivity index (χ0) is 21.4. The molecular weight excluding hydrogens is 388 g/mol. The number of carbonyl (C=O) groups excluding carboxylic acids is 1. The van der Waals surface area contributed by atoms with Gasteiger partial charge in [0, 0.05) is 60.2 Å². The van der Waals surface area contributed by atoms with Crippen LogP contribution in [0.1, 0.15) is 50.6 Å². The Morgan fingerprint density at radius 2 is 1.87 bits per heavy atom. The number of hydrogen-bond donors (Lipinski definition) is 3. The molecule has 4 heterocycles. The number of rotatable bonds is 3. The number of pyridine rings is 2. The van der Waals surface area contributed by atoms with Gasteiger partial charge in [-0.3, -0.25) is 15.2 Å². The monoisotopic (exact) mass is 420 g/mol. The highest BCUT2D eigenvalue weighted by atomic mass is 16.2. The van der Waals surface area contributed by atoms with Crippen LogP contribution in [0, 0.1) is 11.8 Å². The van der Waals surface area contributed by atoms with E-state index in [9.17, 15) is 4.79 Å². The summed E-state index contributed by atoms with van der Waals surface area (Å²) in [5.41, 5.74) is 15.5. The van der Waals surface area contributed by atoms with Gasteiger partial charge < -0.3 is 10.6 Å². The van der Waals surface area contributed by atoms with Crippen molar-refractivity contribution >= 4 is 11.7 Å². The maximum atomic E-state index is 13.4. The normalized spacial score (nSPS) is 30.7. The Hall–Kier alpha value is -2.51. The van der Waals surface area contributed by atoms with E-state index in [4.69, 9.17) is 10.7 Å². The van der Waals surface area contributed by atoms with Crippen LogP contribution in [-0.2, 0) is 4.79 Å². The van der Waals surface area contributed by atoms with Crippen molar-refractivity contribution in [1.82, 2.24) is 25.7 Å². The van der Waals surface area contributed by atoms with E-state index < -0.39 is 0 Å². The SMILES string of the molecule is CC1CCC2NNC(C(=O)N3CCCC(c4ccc(-c5ccc(N)nc5)cn4)C3)C2C1. The predicted molar refractivity (Wildman–Crippen MR) is 121 cm³/mol. The number of carbonyl (C=O) groups is 1. The molecule has 1 aliphatic carbocycles. The molecule has 5 atom stereocenters. The summed E-state index contributed by atoms with van der Waals surface area (Å²) >= 11 is 0. The van der Waals surface area contributed by atoms with Crippen LogP contribution in [0.3, 0.4) is 0 Å². The Labute approximate surface area is 183 Å². The molecule has 0 aromatic carbocycles. The van der Waals surface area contributed by atoms with Gasteiger partial charge in [0.25, 0.3) is 0 Å². The Morgan fingerprint density at radius 3 is 2.61 bits per heavy atom. The maximum Gasteiger partial charge on any atom is 0.241 e. The molecule has 5 unspecified atom stereocenters. The van der Waals surface area contributed by atoms with Crippen LogP contribution in [0.5, 0.6) is 0 Å². The first-order valence-corrected chi connectivity index (χ1v) is 11.6. The fourth-order valence-corrected chi connectivity index (χ4v) is 5.53. The average Bonchev–Trinajstić information content (AvgIpc) is 3.22. The first kappa shape index (κ1) is 20.4. The second kappa shape index (κ2) is 8.55. The van der Waals surface area contributed by atoms with Crippen molar-refractivity contribution < 1.29 is 4.79 Å². The molecule has 0 bridgehead atoms. The Kier molecular flexibility index (Phi) is 5.63.